The predicted molar refractivity (Wildman–Crippen MR) is 131 cm³/mol. The molecule has 3 rings (SSSR count). The van der Waals surface area contributed by atoms with Crippen LogP contribution in [0.5, 0.6) is 0 Å². The Hall–Kier alpha value is -1.91. The van der Waals surface area contributed by atoms with Crippen LogP contribution in [0, 0.1) is 10.8 Å². The molecule has 2 aromatic carbocycles. The molecule has 168 valence electrons. The smallest absolute Gasteiger partial charge is 0.229 e. The molecule has 1 saturated heterocycles. The Morgan fingerprint density at radius 3 is 2.13 bits per heavy atom. The van der Waals surface area contributed by atoms with Crippen LogP contribution in [0.25, 0.3) is 0 Å². The van der Waals surface area contributed by atoms with E-state index in [-0.39, 0.29) is 11.5 Å². The lowest BCUT2D eigenvalue weighted by Gasteiger charge is -2.46. The van der Waals surface area contributed by atoms with Gasteiger partial charge in [-0.05, 0) is 55.3 Å². The molecule has 0 bridgehead atoms. The lowest BCUT2D eigenvalue weighted by Crippen LogP contribution is -2.52. The Bertz CT molecular complexity index is 831. The molecule has 1 aliphatic heterocycles. The highest BCUT2D eigenvalue weighted by atomic mass is 28.3. The van der Waals surface area contributed by atoms with Gasteiger partial charge in [0.25, 0.3) is 0 Å². The Kier molecular flexibility index (Phi) is 7.76. The summed E-state index contributed by atoms with van der Waals surface area (Å²) in [6, 6.07) is 20.9. The SMILES string of the molecule is C[SiH](C)OC(CC1(Cc2ccccc2)CCCN(Cc2ccccc2)C1=O)C(C)(C)C. The van der Waals surface area contributed by atoms with Gasteiger partial charge >= 0.3 is 0 Å². The third kappa shape index (κ3) is 6.30. The minimum Gasteiger partial charge on any atom is -0.417 e. The molecule has 31 heavy (non-hydrogen) atoms. The lowest BCUT2D eigenvalue weighted by atomic mass is 9.67. The molecule has 1 fully saturated rings. The number of benzene rings is 2. The molecule has 0 spiro atoms. The summed E-state index contributed by atoms with van der Waals surface area (Å²) in [5, 5.41) is 0. The van der Waals surface area contributed by atoms with Crippen molar-refractivity contribution < 1.29 is 9.22 Å². The van der Waals surface area contributed by atoms with E-state index in [1.165, 1.54) is 11.1 Å². The van der Waals surface area contributed by atoms with Gasteiger partial charge in [0.05, 0.1) is 11.5 Å². The molecule has 3 nitrogen and oxygen atoms in total. The number of hydrogen-bond donors (Lipinski definition) is 0. The zero-order valence-electron chi connectivity index (χ0n) is 19.9. The van der Waals surface area contributed by atoms with E-state index in [9.17, 15) is 4.79 Å². The first kappa shape index (κ1) is 23.7. The summed E-state index contributed by atoms with van der Waals surface area (Å²) >= 11 is 0. The number of carbonyl (C=O) groups excluding carboxylic acids is 1. The highest BCUT2D eigenvalue weighted by Gasteiger charge is 2.47. The van der Waals surface area contributed by atoms with Crippen LogP contribution >= 0.6 is 0 Å². The molecule has 2 unspecified atom stereocenters. The maximum absolute atomic E-state index is 14.1. The van der Waals surface area contributed by atoms with Gasteiger partial charge in [0.15, 0.2) is 9.04 Å². The first-order valence-corrected chi connectivity index (χ1v) is 14.5. The Morgan fingerprint density at radius 2 is 1.58 bits per heavy atom. The lowest BCUT2D eigenvalue weighted by molar-refractivity contribution is -0.150. The van der Waals surface area contributed by atoms with Crippen LogP contribution in [0.15, 0.2) is 60.7 Å². The molecule has 0 N–H and O–H groups in total. The number of likely N-dealkylation sites (tertiary alicyclic amines) is 1. The van der Waals surface area contributed by atoms with Gasteiger partial charge in [-0.25, -0.2) is 0 Å². The largest absolute Gasteiger partial charge is 0.417 e. The first-order chi connectivity index (χ1) is 14.7. The highest BCUT2D eigenvalue weighted by Crippen LogP contribution is 2.43. The van der Waals surface area contributed by atoms with Gasteiger partial charge in [0.1, 0.15) is 0 Å². The first-order valence-electron chi connectivity index (χ1n) is 11.7. The van der Waals surface area contributed by atoms with Crippen LogP contribution in [0.1, 0.15) is 51.2 Å². The van der Waals surface area contributed by atoms with E-state index in [1.54, 1.807) is 0 Å². The van der Waals surface area contributed by atoms with Crippen molar-refractivity contribution in [3.05, 3.63) is 71.8 Å². The van der Waals surface area contributed by atoms with Crippen LogP contribution in [0.3, 0.4) is 0 Å². The van der Waals surface area contributed by atoms with Gasteiger partial charge in [-0.3, -0.25) is 4.79 Å². The minimum atomic E-state index is -1.23. The van der Waals surface area contributed by atoms with E-state index in [1.807, 2.05) is 12.1 Å². The number of nitrogens with zero attached hydrogens (tertiary/aromatic N) is 1. The van der Waals surface area contributed by atoms with Gasteiger partial charge in [0, 0.05) is 13.1 Å². The van der Waals surface area contributed by atoms with Crippen LogP contribution in [0.2, 0.25) is 13.1 Å². The Labute approximate surface area is 190 Å². The fourth-order valence-corrected chi connectivity index (χ4v) is 5.92. The van der Waals surface area contributed by atoms with Crippen molar-refractivity contribution in [2.75, 3.05) is 6.54 Å². The monoisotopic (exact) mass is 437 g/mol. The maximum Gasteiger partial charge on any atom is 0.229 e. The summed E-state index contributed by atoms with van der Waals surface area (Å²) in [6.07, 6.45) is 3.64. The van der Waals surface area contributed by atoms with E-state index in [2.05, 4.69) is 87.3 Å². The topological polar surface area (TPSA) is 29.5 Å². The van der Waals surface area contributed by atoms with Gasteiger partial charge in [0.2, 0.25) is 5.91 Å². The van der Waals surface area contributed by atoms with Crippen molar-refractivity contribution in [1.82, 2.24) is 4.90 Å². The normalized spacial score (nSPS) is 20.8. The summed E-state index contributed by atoms with van der Waals surface area (Å²) < 4.78 is 6.55. The van der Waals surface area contributed by atoms with Crippen molar-refractivity contribution in [2.24, 2.45) is 10.8 Å². The van der Waals surface area contributed by atoms with Crippen molar-refractivity contribution in [2.45, 2.75) is 72.2 Å². The van der Waals surface area contributed by atoms with Gasteiger partial charge in [-0.2, -0.15) is 0 Å². The fourth-order valence-electron chi connectivity index (χ4n) is 4.76. The van der Waals surface area contributed by atoms with Gasteiger partial charge in [-0.15, -0.1) is 0 Å². The molecule has 1 aliphatic rings. The van der Waals surface area contributed by atoms with E-state index in [4.69, 9.17) is 4.43 Å². The molecule has 2 atom stereocenters. The summed E-state index contributed by atoms with van der Waals surface area (Å²) in [6.45, 7) is 12.7. The average Bonchev–Trinajstić information content (AvgIpc) is 2.71. The van der Waals surface area contributed by atoms with Crippen molar-refractivity contribution >= 4 is 14.9 Å². The van der Waals surface area contributed by atoms with Crippen molar-refractivity contribution in [1.29, 1.82) is 0 Å². The van der Waals surface area contributed by atoms with Crippen LogP contribution in [0.4, 0.5) is 0 Å². The molecule has 1 amide bonds. The molecule has 0 radical (unpaired) electrons. The molecule has 4 heteroatoms. The predicted octanol–water partition coefficient (Wildman–Crippen LogP) is 5.84. The highest BCUT2D eigenvalue weighted by molar-refractivity contribution is 6.48. The standard InChI is InChI=1S/C27H39NO2Si/c1-26(2,3)24(30-31(4)5)20-27(19-22-13-8-6-9-14-22)17-12-18-28(25(27)29)21-23-15-10-7-11-16-23/h6-11,13-16,24,31H,12,17-21H2,1-5H3. The molecular formula is C27H39NO2Si. The van der Waals surface area contributed by atoms with Crippen molar-refractivity contribution in [3.63, 3.8) is 0 Å². The second-order valence-corrected chi connectivity index (χ2v) is 12.9. The Balaban J connectivity index is 1.93. The van der Waals surface area contributed by atoms with E-state index >= 15 is 0 Å². The summed E-state index contributed by atoms with van der Waals surface area (Å²) in [7, 11) is -1.23. The molecule has 2 aromatic rings. The number of carbonyl (C=O) groups is 1. The number of hydrogen-bond acceptors (Lipinski definition) is 2. The second-order valence-electron chi connectivity index (χ2n) is 10.5. The molecule has 1 heterocycles. The number of amides is 1. The van der Waals surface area contributed by atoms with Crippen LogP contribution in [-0.2, 0) is 22.2 Å². The molecule has 0 saturated carbocycles. The zero-order valence-corrected chi connectivity index (χ0v) is 21.1. The number of rotatable bonds is 8. The van der Waals surface area contributed by atoms with E-state index < -0.39 is 14.5 Å². The molecular weight excluding hydrogens is 398 g/mol. The molecule has 0 aromatic heterocycles. The second kappa shape index (κ2) is 10.1. The van der Waals surface area contributed by atoms with Crippen LogP contribution < -0.4 is 0 Å². The maximum atomic E-state index is 14.1. The summed E-state index contributed by atoms with van der Waals surface area (Å²) in [5.74, 6) is 0.301. The summed E-state index contributed by atoms with van der Waals surface area (Å²) in [4.78, 5) is 16.2. The van der Waals surface area contributed by atoms with Crippen molar-refractivity contribution in [3.8, 4) is 0 Å². The van der Waals surface area contributed by atoms with E-state index in [0.717, 1.165) is 32.2 Å². The third-order valence-electron chi connectivity index (χ3n) is 6.40. The Morgan fingerprint density at radius 1 is 1.00 bits per heavy atom. The number of piperidine rings is 1. The van der Waals surface area contributed by atoms with Crippen LogP contribution in [-0.4, -0.2) is 32.5 Å². The zero-order chi connectivity index (χ0) is 22.5. The van der Waals surface area contributed by atoms with Gasteiger partial charge < -0.3 is 9.33 Å². The third-order valence-corrected chi connectivity index (χ3v) is 7.28. The van der Waals surface area contributed by atoms with Gasteiger partial charge in [-0.1, -0.05) is 81.4 Å². The average molecular weight is 438 g/mol. The minimum absolute atomic E-state index is 0.00292. The van der Waals surface area contributed by atoms with E-state index in [0.29, 0.717) is 12.5 Å². The summed E-state index contributed by atoms with van der Waals surface area (Å²) in [5.41, 5.74) is 2.04. The quantitative estimate of drug-likeness (QED) is 0.485. The fraction of sp³-hybridized carbons (Fsp3) is 0.519. The molecule has 0 aliphatic carbocycles.